The lowest BCUT2D eigenvalue weighted by Crippen LogP contribution is -2.07. The molecular weight excluding hydrogens is 240 g/mol. The number of halogens is 1. The van der Waals surface area contributed by atoms with Crippen molar-refractivity contribution >= 4 is 22.5 Å². The van der Waals surface area contributed by atoms with E-state index in [-0.39, 0.29) is 11.1 Å². The Labute approximate surface area is 101 Å². The maximum atomic E-state index is 11.5. The van der Waals surface area contributed by atoms with E-state index in [9.17, 15) is 4.79 Å². The van der Waals surface area contributed by atoms with Gasteiger partial charge in [-0.2, -0.15) is 10.2 Å². The predicted molar refractivity (Wildman–Crippen MR) is 64.5 cm³/mol. The van der Waals surface area contributed by atoms with Crippen LogP contribution in [0, 0.1) is 0 Å². The summed E-state index contributed by atoms with van der Waals surface area (Å²) in [4.78, 5) is 11.5. The molecule has 84 valence electrons. The Morgan fingerprint density at radius 3 is 2.71 bits per heavy atom. The highest BCUT2D eigenvalue weighted by Crippen LogP contribution is 2.22. The Hall–Kier alpha value is -2.14. The van der Waals surface area contributed by atoms with Gasteiger partial charge in [0, 0.05) is 0 Å². The quantitative estimate of drug-likeness (QED) is 0.712. The molecule has 0 aliphatic rings. The van der Waals surface area contributed by atoms with Crippen molar-refractivity contribution in [2.24, 2.45) is 0 Å². The molecular formula is C11H7ClN4O. The van der Waals surface area contributed by atoms with Crippen LogP contribution in [0.4, 0.5) is 0 Å². The second-order valence-electron chi connectivity index (χ2n) is 3.50. The minimum absolute atomic E-state index is 0.286. The fourth-order valence-corrected chi connectivity index (χ4v) is 1.91. The van der Waals surface area contributed by atoms with Crippen molar-refractivity contribution in [1.29, 1.82) is 0 Å². The predicted octanol–water partition coefficient (Wildman–Crippen LogP) is 1.76. The highest BCUT2D eigenvalue weighted by molar-refractivity contribution is 6.34. The van der Waals surface area contributed by atoms with E-state index in [1.54, 1.807) is 0 Å². The Balaban J connectivity index is 2.36. The molecule has 0 radical (unpaired) electrons. The van der Waals surface area contributed by atoms with Crippen molar-refractivity contribution in [1.82, 2.24) is 20.0 Å². The standard InChI is InChI=1S/C11H7ClN4O/c12-10-8-6-13-14-11(17)9(8)15-16(10)7-4-2-1-3-5-7/h1-6H,(H,14,17). The molecule has 0 saturated carbocycles. The molecule has 1 aromatic carbocycles. The molecule has 0 aliphatic carbocycles. The molecule has 3 aromatic rings. The number of hydrogen-bond acceptors (Lipinski definition) is 3. The number of nitrogens with zero attached hydrogens (tertiary/aromatic N) is 3. The van der Waals surface area contributed by atoms with Crippen molar-refractivity contribution in [2.45, 2.75) is 0 Å². The molecule has 2 heterocycles. The van der Waals surface area contributed by atoms with E-state index < -0.39 is 0 Å². The Kier molecular flexibility index (Phi) is 2.19. The molecule has 0 spiro atoms. The van der Waals surface area contributed by atoms with E-state index in [0.29, 0.717) is 10.5 Å². The van der Waals surface area contributed by atoms with E-state index >= 15 is 0 Å². The van der Waals surface area contributed by atoms with Gasteiger partial charge in [0.05, 0.1) is 17.3 Å². The van der Waals surface area contributed by atoms with Crippen LogP contribution in [0.3, 0.4) is 0 Å². The van der Waals surface area contributed by atoms with Crippen LogP contribution in [0.25, 0.3) is 16.6 Å². The third-order valence-electron chi connectivity index (χ3n) is 2.44. The van der Waals surface area contributed by atoms with E-state index in [1.807, 2.05) is 30.3 Å². The average Bonchev–Trinajstić information content (AvgIpc) is 2.70. The van der Waals surface area contributed by atoms with Crippen molar-refractivity contribution in [2.75, 3.05) is 0 Å². The van der Waals surface area contributed by atoms with Gasteiger partial charge in [-0.3, -0.25) is 4.79 Å². The van der Waals surface area contributed by atoms with Crippen LogP contribution in [0.2, 0.25) is 5.15 Å². The molecule has 6 heteroatoms. The van der Waals surface area contributed by atoms with Crippen LogP contribution >= 0.6 is 11.6 Å². The lowest BCUT2D eigenvalue weighted by molar-refractivity contribution is 0.892. The van der Waals surface area contributed by atoms with E-state index in [4.69, 9.17) is 11.6 Å². The summed E-state index contributed by atoms with van der Waals surface area (Å²) >= 11 is 6.17. The smallest absolute Gasteiger partial charge is 0.265 e. The maximum absolute atomic E-state index is 11.5. The lowest BCUT2D eigenvalue weighted by Gasteiger charge is -2.00. The summed E-state index contributed by atoms with van der Waals surface area (Å²) < 4.78 is 1.52. The number of benzene rings is 1. The van der Waals surface area contributed by atoms with Crippen LogP contribution in [-0.4, -0.2) is 20.0 Å². The van der Waals surface area contributed by atoms with Crippen LogP contribution in [-0.2, 0) is 0 Å². The van der Waals surface area contributed by atoms with E-state index in [1.165, 1.54) is 10.9 Å². The van der Waals surface area contributed by atoms with Crippen LogP contribution < -0.4 is 5.56 Å². The number of rotatable bonds is 1. The molecule has 0 aliphatic heterocycles. The molecule has 0 bridgehead atoms. The monoisotopic (exact) mass is 246 g/mol. The summed E-state index contributed by atoms with van der Waals surface area (Å²) in [6.45, 7) is 0. The number of nitrogens with one attached hydrogen (secondary N) is 1. The minimum Gasteiger partial charge on any atom is -0.265 e. The van der Waals surface area contributed by atoms with Gasteiger partial charge in [0.15, 0.2) is 5.52 Å². The fraction of sp³-hybridized carbons (Fsp3) is 0. The van der Waals surface area contributed by atoms with Gasteiger partial charge in [0.2, 0.25) is 0 Å². The largest absolute Gasteiger partial charge is 0.292 e. The number of aromatic nitrogens is 4. The third-order valence-corrected chi connectivity index (χ3v) is 2.80. The summed E-state index contributed by atoms with van der Waals surface area (Å²) in [6.07, 6.45) is 1.49. The number of para-hydroxylation sites is 1. The number of fused-ring (bicyclic) bond motifs is 1. The van der Waals surface area contributed by atoms with Crippen LogP contribution in [0.5, 0.6) is 0 Å². The van der Waals surface area contributed by atoms with Gasteiger partial charge >= 0.3 is 0 Å². The maximum Gasteiger partial charge on any atom is 0.292 e. The second-order valence-corrected chi connectivity index (χ2v) is 3.86. The van der Waals surface area contributed by atoms with E-state index in [2.05, 4.69) is 15.3 Å². The number of H-pyrrole nitrogens is 1. The Morgan fingerprint density at radius 1 is 1.24 bits per heavy atom. The Bertz CT molecular complexity index is 732. The summed E-state index contributed by atoms with van der Waals surface area (Å²) in [6, 6.07) is 9.37. The van der Waals surface area contributed by atoms with Gasteiger partial charge < -0.3 is 0 Å². The van der Waals surface area contributed by atoms with Gasteiger partial charge in [-0.25, -0.2) is 9.78 Å². The molecule has 0 amide bonds. The molecule has 2 aromatic heterocycles. The van der Waals surface area contributed by atoms with Crippen LogP contribution in [0.1, 0.15) is 0 Å². The fourth-order valence-electron chi connectivity index (χ4n) is 1.64. The van der Waals surface area contributed by atoms with Gasteiger partial charge in [-0.1, -0.05) is 29.8 Å². The number of hydrogen-bond donors (Lipinski definition) is 1. The molecule has 0 saturated heterocycles. The molecule has 0 fully saturated rings. The first kappa shape index (κ1) is 10.0. The van der Waals surface area contributed by atoms with E-state index in [0.717, 1.165) is 5.69 Å². The summed E-state index contributed by atoms with van der Waals surface area (Å²) in [5.41, 5.74) is 0.737. The zero-order valence-electron chi connectivity index (χ0n) is 8.59. The third kappa shape index (κ3) is 1.52. The van der Waals surface area contributed by atoms with Gasteiger partial charge in [-0.05, 0) is 12.1 Å². The Morgan fingerprint density at radius 2 is 2.00 bits per heavy atom. The molecule has 5 nitrogen and oxygen atoms in total. The number of aromatic amines is 1. The second kappa shape index (κ2) is 3.71. The molecule has 0 atom stereocenters. The van der Waals surface area contributed by atoms with Gasteiger partial charge in [0.25, 0.3) is 5.56 Å². The lowest BCUT2D eigenvalue weighted by atomic mass is 10.3. The molecule has 1 N–H and O–H groups in total. The summed E-state index contributed by atoms with van der Waals surface area (Å²) in [5.74, 6) is 0. The summed E-state index contributed by atoms with van der Waals surface area (Å²) in [7, 11) is 0. The SMILES string of the molecule is O=c1[nH]ncc2c(Cl)n(-c3ccccc3)nc12. The zero-order chi connectivity index (χ0) is 11.8. The van der Waals surface area contributed by atoms with Crippen molar-refractivity contribution in [3.8, 4) is 5.69 Å². The summed E-state index contributed by atoms with van der Waals surface area (Å²) in [5, 5.41) is 11.1. The zero-order valence-corrected chi connectivity index (χ0v) is 9.35. The first-order valence-electron chi connectivity index (χ1n) is 4.95. The van der Waals surface area contributed by atoms with Gasteiger partial charge in [0.1, 0.15) is 5.15 Å². The molecule has 0 unspecified atom stereocenters. The molecule has 17 heavy (non-hydrogen) atoms. The van der Waals surface area contributed by atoms with Crippen molar-refractivity contribution in [3.05, 3.63) is 52.0 Å². The van der Waals surface area contributed by atoms with Crippen molar-refractivity contribution < 1.29 is 0 Å². The normalized spacial score (nSPS) is 10.9. The topological polar surface area (TPSA) is 63.6 Å². The molecule has 3 rings (SSSR count). The highest BCUT2D eigenvalue weighted by atomic mass is 35.5. The van der Waals surface area contributed by atoms with Crippen molar-refractivity contribution in [3.63, 3.8) is 0 Å². The first-order chi connectivity index (χ1) is 8.27. The average molecular weight is 247 g/mol. The first-order valence-corrected chi connectivity index (χ1v) is 5.32. The van der Waals surface area contributed by atoms with Crippen LogP contribution in [0.15, 0.2) is 41.3 Å². The highest BCUT2D eigenvalue weighted by Gasteiger charge is 2.12. The minimum atomic E-state index is -0.348. The van der Waals surface area contributed by atoms with Gasteiger partial charge in [-0.15, -0.1) is 0 Å².